The van der Waals surface area contributed by atoms with Crippen molar-refractivity contribution in [3.8, 4) is 89.4 Å². The molecule has 1 aliphatic carbocycles. The average molecular weight is 882 g/mol. The van der Waals surface area contributed by atoms with Gasteiger partial charge in [0.05, 0.1) is 0 Å². The van der Waals surface area contributed by atoms with E-state index < -0.39 is 0 Å². The largest absolute Gasteiger partial charge is 0.456 e. The van der Waals surface area contributed by atoms with Crippen molar-refractivity contribution < 1.29 is 4.74 Å². The van der Waals surface area contributed by atoms with Gasteiger partial charge >= 0.3 is 0 Å². The van der Waals surface area contributed by atoms with E-state index in [2.05, 4.69) is 267 Å². The minimum absolute atomic E-state index is 0.106. The van der Waals surface area contributed by atoms with Crippen molar-refractivity contribution in [1.82, 2.24) is 0 Å². The van der Waals surface area contributed by atoms with Crippen molar-refractivity contribution in [2.75, 3.05) is 4.90 Å². The van der Waals surface area contributed by atoms with Crippen LogP contribution in [-0.4, -0.2) is 0 Å². The molecule has 326 valence electrons. The molecule has 11 aromatic rings. The third kappa shape index (κ3) is 7.03. The highest BCUT2D eigenvalue weighted by Crippen LogP contribution is 2.52. The van der Waals surface area contributed by atoms with Crippen molar-refractivity contribution in [2.24, 2.45) is 0 Å². The van der Waals surface area contributed by atoms with Gasteiger partial charge in [-0.3, -0.25) is 0 Å². The first kappa shape index (κ1) is 40.5. The normalized spacial score (nSPS) is 12.7. The number of fused-ring (bicyclic) bond motifs is 9. The van der Waals surface area contributed by atoms with Crippen LogP contribution in [0.4, 0.5) is 17.1 Å². The number of hydrogen-bond acceptors (Lipinski definition) is 2. The summed E-state index contributed by atoms with van der Waals surface area (Å²) < 4.78 is 6.92. The maximum atomic E-state index is 6.92. The van der Waals surface area contributed by atoms with Crippen molar-refractivity contribution >= 4 is 27.8 Å². The molecule has 0 spiro atoms. The summed E-state index contributed by atoms with van der Waals surface area (Å²) in [5.41, 5.74) is 22.5. The molecule has 0 saturated carbocycles. The summed E-state index contributed by atoms with van der Waals surface area (Å²) in [6.45, 7) is 4.70. The van der Waals surface area contributed by atoms with Gasteiger partial charge in [0.25, 0.3) is 0 Å². The first-order chi connectivity index (χ1) is 33.9. The Balaban J connectivity index is 0.829. The molecular weight excluding hydrogens is 835 g/mol. The van der Waals surface area contributed by atoms with Crippen LogP contribution in [0.15, 0.2) is 249 Å². The quantitative estimate of drug-likeness (QED) is 0.158. The van der Waals surface area contributed by atoms with E-state index in [4.69, 9.17) is 4.74 Å². The Morgan fingerprint density at radius 1 is 0.275 bits per heavy atom. The number of hydrogen-bond donors (Lipinski definition) is 0. The Morgan fingerprint density at radius 3 is 1.35 bits per heavy atom. The zero-order valence-electron chi connectivity index (χ0n) is 38.5. The van der Waals surface area contributed by atoms with Crippen molar-refractivity contribution in [3.63, 3.8) is 0 Å². The highest BCUT2D eigenvalue weighted by atomic mass is 16.5. The predicted octanol–water partition coefficient (Wildman–Crippen LogP) is 18.7. The van der Waals surface area contributed by atoms with Gasteiger partial charge in [0.2, 0.25) is 0 Å². The van der Waals surface area contributed by atoms with E-state index >= 15 is 0 Å². The Labute approximate surface area is 404 Å². The third-order valence-corrected chi connectivity index (χ3v) is 14.5. The molecule has 0 N–H and O–H groups in total. The second-order valence-electron chi connectivity index (χ2n) is 18.9. The van der Waals surface area contributed by atoms with Crippen molar-refractivity contribution in [1.29, 1.82) is 0 Å². The summed E-state index contributed by atoms with van der Waals surface area (Å²) in [6.07, 6.45) is 0. The molecule has 0 saturated heterocycles. The molecule has 69 heavy (non-hydrogen) atoms. The lowest BCUT2D eigenvalue weighted by Gasteiger charge is -2.28. The average Bonchev–Trinajstić information content (AvgIpc) is 3.55. The highest BCUT2D eigenvalue weighted by Gasteiger charge is 2.36. The van der Waals surface area contributed by atoms with Crippen LogP contribution in [-0.2, 0) is 5.41 Å². The lowest BCUT2D eigenvalue weighted by atomic mass is 9.82. The van der Waals surface area contributed by atoms with Crippen LogP contribution in [0, 0.1) is 0 Å². The van der Waals surface area contributed by atoms with Gasteiger partial charge in [-0.2, -0.15) is 0 Å². The Bertz CT molecular complexity index is 3740. The molecular formula is C67H47NO. The summed E-state index contributed by atoms with van der Waals surface area (Å²) in [7, 11) is 0. The molecule has 13 rings (SSSR count). The molecule has 0 amide bonds. The molecule has 1 heterocycles. The van der Waals surface area contributed by atoms with Gasteiger partial charge in [0.15, 0.2) is 0 Å². The fourth-order valence-electron chi connectivity index (χ4n) is 10.8. The molecule has 11 aromatic carbocycles. The summed E-state index contributed by atoms with van der Waals surface area (Å²) >= 11 is 0. The SMILES string of the molecule is CC1(C)c2ccccc2-c2ccc(N(c3ccc(-c4ccccc4)cc3)c3ccc(-c4ccc(-c5ccc6c(c5)Oc5ccc(-c7ccccc7)cc5-c5cc7ccccc7cc5-6)cc4)cc3)cc21. The molecule has 1 aliphatic heterocycles. The summed E-state index contributed by atoms with van der Waals surface area (Å²) in [6, 6.07) is 90.5. The molecule has 2 nitrogen and oxygen atoms in total. The number of anilines is 3. The van der Waals surface area contributed by atoms with E-state index in [1.807, 2.05) is 0 Å². The van der Waals surface area contributed by atoms with E-state index in [9.17, 15) is 0 Å². The van der Waals surface area contributed by atoms with E-state index in [0.717, 1.165) is 61.9 Å². The zero-order valence-corrected chi connectivity index (χ0v) is 38.5. The van der Waals surface area contributed by atoms with Crippen LogP contribution in [0.5, 0.6) is 11.5 Å². The zero-order chi connectivity index (χ0) is 46.1. The number of nitrogens with zero attached hydrogens (tertiary/aromatic N) is 1. The Morgan fingerprint density at radius 2 is 0.710 bits per heavy atom. The summed E-state index contributed by atoms with van der Waals surface area (Å²) in [5.74, 6) is 1.71. The van der Waals surface area contributed by atoms with Crippen molar-refractivity contribution in [3.05, 3.63) is 260 Å². The monoisotopic (exact) mass is 881 g/mol. The predicted molar refractivity (Wildman–Crippen MR) is 289 cm³/mol. The minimum Gasteiger partial charge on any atom is -0.456 e. The van der Waals surface area contributed by atoms with Gasteiger partial charge in [-0.05, 0) is 161 Å². The van der Waals surface area contributed by atoms with E-state index in [1.54, 1.807) is 0 Å². The smallest absolute Gasteiger partial charge is 0.135 e. The molecule has 0 radical (unpaired) electrons. The summed E-state index contributed by atoms with van der Waals surface area (Å²) in [4.78, 5) is 2.39. The topological polar surface area (TPSA) is 12.5 Å². The second-order valence-corrected chi connectivity index (χ2v) is 18.9. The molecule has 0 bridgehead atoms. The number of ether oxygens (including phenoxy) is 1. The fourth-order valence-corrected chi connectivity index (χ4v) is 10.8. The van der Waals surface area contributed by atoms with Crippen LogP contribution in [0.25, 0.3) is 88.7 Å². The molecule has 2 heteroatoms. The Hall–Kier alpha value is -8.72. The maximum Gasteiger partial charge on any atom is 0.135 e. The number of benzene rings is 11. The van der Waals surface area contributed by atoms with Gasteiger partial charge in [-0.15, -0.1) is 0 Å². The van der Waals surface area contributed by atoms with Crippen LogP contribution >= 0.6 is 0 Å². The van der Waals surface area contributed by atoms with Gasteiger partial charge in [-0.1, -0.05) is 190 Å². The highest BCUT2D eigenvalue weighted by molar-refractivity contribution is 6.01. The van der Waals surface area contributed by atoms with E-state index in [-0.39, 0.29) is 5.41 Å². The van der Waals surface area contributed by atoms with Gasteiger partial charge in [-0.25, -0.2) is 0 Å². The van der Waals surface area contributed by atoms with Crippen LogP contribution in [0.1, 0.15) is 25.0 Å². The van der Waals surface area contributed by atoms with Crippen LogP contribution < -0.4 is 9.64 Å². The Kier molecular flexibility index (Phi) is 9.55. The lowest BCUT2D eigenvalue weighted by Crippen LogP contribution is -2.16. The van der Waals surface area contributed by atoms with E-state index in [1.165, 1.54) is 66.4 Å². The van der Waals surface area contributed by atoms with Gasteiger partial charge in [0, 0.05) is 33.6 Å². The van der Waals surface area contributed by atoms with Crippen molar-refractivity contribution in [2.45, 2.75) is 19.3 Å². The minimum atomic E-state index is -0.106. The van der Waals surface area contributed by atoms with Crippen LogP contribution in [0.3, 0.4) is 0 Å². The van der Waals surface area contributed by atoms with Gasteiger partial charge < -0.3 is 9.64 Å². The fraction of sp³-hybridized carbons (Fsp3) is 0.0448. The summed E-state index contributed by atoms with van der Waals surface area (Å²) in [5, 5.41) is 2.42. The third-order valence-electron chi connectivity index (χ3n) is 14.5. The second kappa shape index (κ2) is 16.3. The molecule has 0 aromatic heterocycles. The first-order valence-electron chi connectivity index (χ1n) is 23.9. The standard InChI is InChI=1S/C67H47NO/c1-67(2)63-20-12-11-19-57(63)58-37-35-56(43-64(58)67)68(54-31-25-47(26-32-54)44-13-5-3-6-14-44)55-33-27-48(28-34-55)46-21-23-49(24-22-46)53-29-36-59-60-39-50-17-9-10-18-51(50)40-61(60)62-41-52(45-15-7-4-8-16-45)30-38-65(62)69-66(59)42-53/h3-43H,1-2H3. The molecule has 0 atom stereocenters. The number of rotatable bonds is 7. The maximum absolute atomic E-state index is 6.92. The van der Waals surface area contributed by atoms with Crippen LogP contribution in [0.2, 0.25) is 0 Å². The molecule has 0 unspecified atom stereocenters. The van der Waals surface area contributed by atoms with Gasteiger partial charge in [0.1, 0.15) is 11.5 Å². The first-order valence-corrected chi connectivity index (χ1v) is 23.9. The molecule has 2 aliphatic rings. The van der Waals surface area contributed by atoms with E-state index in [0.29, 0.717) is 0 Å². The lowest BCUT2D eigenvalue weighted by molar-refractivity contribution is 0.488. The molecule has 0 fully saturated rings.